The smallest absolute Gasteiger partial charge is 0.234 e. The maximum Gasteiger partial charge on any atom is 0.234 e. The lowest BCUT2D eigenvalue weighted by atomic mass is 10.1. The van der Waals surface area contributed by atoms with Gasteiger partial charge in [-0.2, -0.15) is 0 Å². The molecule has 7 nitrogen and oxygen atoms in total. The van der Waals surface area contributed by atoms with E-state index in [9.17, 15) is 13.2 Å². The highest BCUT2D eigenvalue weighted by atomic mass is 32.2. The third kappa shape index (κ3) is 7.21. The fourth-order valence-corrected chi connectivity index (χ4v) is 3.34. The zero-order valence-corrected chi connectivity index (χ0v) is 13.9. The molecule has 0 bridgehead atoms. The zero-order valence-electron chi connectivity index (χ0n) is 13.0. The van der Waals surface area contributed by atoms with E-state index in [0.29, 0.717) is 32.6 Å². The predicted molar refractivity (Wildman–Crippen MR) is 83.4 cm³/mol. The van der Waals surface area contributed by atoms with Crippen LogP contribution in [0.25, 0.3) is 0 Å². The summed E-state index contributed by atoms with van der Waals surface area (Å²) in [6.07, 6.45) is 3.70. The first-order valence-corrected chi connectivity index (χ1v) is 9.37. The highest BCUT2D eigenvalue weighted by molar-refractivity contribution is 7.88. The lowest BCUT2D eigenvalue weighted by Crippen LogP contribution is -2.44. The molecule has 0 spiro atoms. The van der Waals surface area contributed by atoms with Gasteiger partial charge in [-0.1, -0.05) is 6.92 Å². The van der Waals surface area contributed by atoms with Crippen molar-refractivity contribution in [2.45, 2.75) is 32.2 Å². The molecule has 3 N–H and O–H groups in total. The van der Waals surface area contributed by atoms with Gasteiger partial charge in [0.25, 0.3) is 0 Å². The second kappa shape index (κ2) is 8.67. The Morgan fingerprint density at radius 3 is 2.52 bits per heavy atom. The number of sulfonamides is 1. The quantitative estimate of drug-likeness (QED) is 0.571. The van der Waals surface area contributed by atoms with Gasteiger partial charge < -0.3 is 11.1 Å². The molecule has 124 valence electrons. The lowest BCUT2D eigenvalue weighted by Gasteiger charge is -2.29. The van der Waals surface area contributed by atoms with Crippen LogP contribution >= 0.6 is 0 Å². The van der Waals surface area contributed by atoms with Crippen molar-refractivity contribution in [3.63, 3.8) is 0 Å². The van der Waals surface area contributed by atoms with E-state index in [4.69, 9.17) is 5.73 Å². The Kier molecular flexibility index (Phi) is 7.58. The number of carbonyl (C=O) groups excluding carboxylic acids is 1. The van der Waals surface area contributed by atoms with Crippen LogP contribution in [0.5, 0.6) is 0 Å². The van der Waals surface area contributed by atoms with Crippen LogP contribution in [-0.2, 0) is 14.8 Å². The Bertz CT molecular complexity index is 419. The SMILES string of the molecule is CCN(CCCNC(=O)CN1CCC(N)CC1)S(C)(=O)=O. The number of carbonyl (C=O) groups is 1. The summed E-state index contributed by atoms with van der Waals surface area (Å²) in [6.45, 7) is 5.34. The van der Waals surface area contributed by atoms with E-state index in [1.54, 1.807) is 6.92 Å². The van der Waals surface area contributed by atoms with Crippen molar-refractivity contribution in [2.75, 3.05) is 45.5 Å². The van der Waals surface area contributed by atoms with Gasteiger partial charge in [-0.15, -0.1) is 0 Å². The Balaban J connectivity index is 2.16. The summed E-state index contributed by atoms with van der Waals surface area (Å²) < 4.78 is 24.2. The summed E-state index contributed by atoms with van der Waals surface area (Å²) in [4.78, 5) is 13.9. The van der Waals surface area contributed by atoms with E-state index in [0.717, 1.165) is 25.9 Å². The largest absolute Gasteiger partial charge is 0.355 e. The van der Waals surface area contributed by atoms with Crippen molar-refractivity contribution in [2.24, 2.45) is 5.73 Å². The summed E-state index contributed by atoms with van der Waals surface area (Å²) in [7, 11) is -3.14. The van der Waals surface area contributed by atoms with Crippen LogP contribution in [-0.4, -0.2) is 75.1 Å². The molecule has 0 unspecified atom stereocenters. The van der Waals surface area contributed by atoms with Crippen LogP contribution in [0.3, 0.4) is 0 Å². The Morgan fingerprint density at radius 1 is 1.38 bits per heavy atom. The number of amides is 1. The Morgan fingerprint density at radius 2 is 2.00 bits per heavy atom. The molecule has 1 heterocycles. The molecule has 8 heteroatoms. The lowest BCUT2D eigenvalue weighted by molar-refractivity contribution is -0.122. The minimum absolute atomic E-state index is 0.00660. The van der Waals surface area contributed by atoms with Gasteiger partial charge in [-0.05, 0) is 19.3 Å². The first-order chi connectivity index (χ1) is 9.82. The van der Waals surface area contributed by atoms with Crippen molar-refractivity contribution in [1.29, 1.82) is 0 Å². The third-order valence-electron chi connectivity index (χ3n) is 3.73. The van der Waals surface area contributed by atoms with Crippen molar-refractivity contribution < 1.29 is 13.2 Å². The monoisotopic (exact) mass is 320 g/mol. The normalized spacial score (nSPS) is 18.1. The molecule has 1 aliphatic rings. The van der Waals surface area contributed by atoms with Crippen LogP contribution in [0.15, 0.2) is 0 Å². The van der Waals surface area contributed by atoms with Gasteiger partial charge in [0.2, 0.25) is 15.9 Å². The van der Waals surface area contributed by atoms with Crippen molar-refractivity contribution in [3.8, 4) is 0 Å². The van der Waals surface area contributed by atoms with Gasteiger partial charge >= 0.3 is 0 Å². The number of nitrogens with one attached hydrogen (secondary N) is 1. The number of hydrogen-bond acceptors (Lipinski definition) is 5. The minimum Gasteiger partial charge on any atom is -0.355 e. The van der Waals surface area contributed by atoms with E-state index in [-0.39, 0.29) is 11.9 Å². The average molecular weight is 320 g/mol. The third-order valence-corrected chi connectivity index (χ3v) is 5.11. The molecule has 0 saturated carbocycles. The first-order valence-electron chi connectivity index (χ1n) is 7.52. The molecule has 0 aliphatic carbocycles. The van der Waals surface area contributed by atoms with E-state index in [1.165, 1.54) is 10.6 Å². The predicted octanol–water partition coefficient (Wildman–Crippen LogP) is -0.803. The van der Waals surface area contributed by atoms with E-state index < -0.39 is 10.0 Å². The number of nitrogens with zero attached hydrogens (tertiary/aromatic N) is 2. The summed E-state index contributed by atoms with van der Waals surface area (Å²) >= 11 is 0. The molecule has 0 atom stereocenters. The van der Waals surface area contributed by atoms with Gasteiger partial charge in [0.15, 0.2) is 0 Å². The molecule has 1 fully saturated rings. The van der Waals surface area contributed by atoms with Gasteiger partial charge in [-0.3, -0.25) is 9.69 Å². The molecule has 0 aromatic rings. The molecule has 1 saturated heterocycles. The highest BCUT2D eigenvalue weighted by Gasteiger charge is 2.18. The first kappa shape index (κ1) is 18.3. The number of hydrogen-bond donors (Lipinski definition) is 2. The molecule has 0 aromatic heterocycles. The van der Waals surface area contributed by atoms with Crippen molar-refractivity contribution >= 4 is 15.9 Å². The molecular weight excluding hydrogens is 292 g/mol. The van der Waals surface area contributed by atoms with Crippen LogP contribution < -0.4 is 11.1 Å². The molecule has 21 heavy (non-hydrogen) atoms. The van der Waals surface area contributed by atoms with Gasteiger partial charge in [0.05, 0.1) is 12.8 Å². The van der Waals surface area contributed by atoms with Crippen molar-refractivity contribution in [3.05, 3.63) is 0 Å². The average Bonchev–Trinajstić information content (AvgIpc) is 2.40. The number of rotatable bonds is 8. The van der Waals surface area contributed by atoms with Crippen LogP contribution in [0.2, 0.25) is 0 Å². The van der Waals surface area contributed by atoms with Gasteiger partial charge in [-0.25, -0.2) is 12.7 Å². The fraction of sp³-hybridized carbons (Fsp3) is 0.923. The topological polar surface area (TPSA) is 95.7 Å². The second-order valence-corrected chi connectivity index (χ2v) is 7.55. The van der Waals surface area contributed by atoms with Crippen LogP contribution in [0, 0.1) is 0 Å². The summed E-state index contributed by atoms with van der Waals surface area (Å²) in [5.41, 5.74) is 5.82. The standard InChI is InChI=1S/C13H28N4O3S/c1-3-17(21(2,19)20)8-4-7-15-13(18)11-16-9-5-12(14)6-10-16/h12H,3-11,14H2,1-2H3,(H,15,18). The summed E-state index contributed by atoms with van der Waals surface area (Å²) in [6, 6.07) is 0.264. The maximum absolute atomic E-state index is 11.8. The van der Waals surface area contributed by atoms with Crippen LogP contribution in [0.4, 0.5) is 0 Å². The van der Waals surface area contributed by atoms with E-state index in [1.807, 2.05) is 0 Å². The molecule has 1 aliphatic heterocycles. The summed E-state index contributed by atoms with van der Waals surface area (Å²) in [5.74, 6) is -0.00660. The maximum atomic E-state index is 11.8. The summed E-state index contributed by atoms with van der Waals surface area (Å²) in [5, 5.41) is 2.84. The molecule has 1 amide bonds. The Hall–Kier alpha value is -0.700. The molecule has 0 aromatic carbocycles. The number of likely N-dealkylation sites (tertiary alicyclic amines) is 1. The molecular formula is C13H28N4O3S. The molecule has 1 rings (SSSR count). The van der Waals surface area contributed by atoms with E-state index in [2.05, 4.69) is 10.2 Å². The zero-order chi connectivity index (χ0) is 15.9. The van der Waals surface area contributed by atoms with E-state index >= 15 is 0 Å². The van der Waals surface area contributed by atoms with Gasteiger partial charge in [0, 0.05) is 38.8 Å². The number of piperidine rings is 1. The minimum atomic E-state index is -3.14. The highest BCUT2D eigenvalue weighted by Crippen LogP contribution is 2.07. The Labute approximate surface area is 127 Å². The second-order valence-electron chi connectivity index (χ2n) is 5.57. The van der Waals surface area contributed by atoms with Crippen molar-refractivity contribution in [1.82, 2.24) is 14.5 Å². The number of nitrogens with two attached hydrogens (primary N) is 1. The van der Waals surface area contributed by atoms with Crippen LogP contribution in [0.1, 0.15) is 26.2 Å². The molecule has 0 radical (unpaired) electrons. The fourth-order valence-electron chi connectivity index (χ4n) is 2.41. The van der Waals surface area contributed by atoms with Gasteiger partial charge in [0.1, 0.15) is 0 Å².